The Morgan fingerprint density at radius 1 is 1.39 bits per heavy atom. The Kier molecular flexibility index (Phi) is 5.22. The number of rotatable bonds is 4. The van der Waals surface area contributed by atoms with Crippen molar-refractivity contribution in [1.82, 2.24) is 0 Å². The van der Waals surface area contributed by atoms with Crippen molar-refractivity contribution < 1.29 is 13.6 Å². The summed E-state index contributed by atoms with van der Waals surface area (Å²) in [4.78, 5) is 11.6. The van der Waals surface area contributed by atoms with Crippen LogP contribution in [0.5, 0.6) is 0 Å². The zero-order valence-corrected chi connectivity index (χ0v) is 11.7. The van der Waals surface area contributed by atoms with Crippen molar-refractivity contribution in [2.24, 2.45) is 11.7 Å². The number of carbonyl (C=O) groups excluding carboxylic acids is 1. The summed E-state index contributed by atoms with van der Waals surface area (Å²) in [7, 11) is 0. The molecule has 0 saturated carbocycles. The third kappa shape index (κ3) is 4.03. The number of nitrogens with one attached hydrogen (secondary N) is 1. The molecule has 1 aromatic rings. The zero-order chi connectivity index (χ0) is 13.9. The molecule has 0 aliphatic heterocycles. The number of nitrogens with two attached hydrogens (primary N) is 1. The van der Waals surface area contributed by atoms with E-state index in [2.05, 4.69) is 21.2 Å². The molecule has 0 aromatic heterocycles. The highest BCUT2D eigenvalue weighted by molar-refractivity contribution is 9.10. The van der Waals surface area contributed by atoms with E-state index in [-0.39, 0.29) is 28.5 Å². The highest BCUT2D eigenvalue weighted by Gasteiger charge is 2.15. The largest absolute Gasteiger partial charge is 0.327 e. The molecule has 100 valence electrons. The molecule has 18 heavy (non-hydrogen) atoms. The number of amides is 1. The lowest BCUT2D eigenvalue weighted by Gasteiger charge is -2.15. The number of benzene rings is 1. The van der Waals surface area contributed by atoms with Gasteiger partial charge in [-0.1, -0.05) is 13.8 Å². The summed E-state index contributed by atoms with van der Waals surface area (Å²) in [5.41, 5.74) is 5.67. The number of halogens is 3. The first-order chi connectivity index (χ1) is 8.31. The third-order valence-electron chi connectivity index (χ3n) is 2.56. The van der Waals surface area contributed by atoms with Gasteiger partial charge in [-0.2, -0.15) is 0 Å². The Morgan fingerprint density at radius 3 is 2.56 bits per heavy atom. The van der Waals surface area contributed by atoms with E-state index in [9.17, 15) is 13.6 Å². The smallest absolute Gasteiger partial charge is 0.226 e. The molecule has 1 amide bonds. The van der Waals surface area contributed by atoms with Crippen LogP contribution in [0.4, 0.5) is 14.5 Å². The van der Waals surface area contributed by atoms with Crippen molar-refractivity contribution in [3.63, 3.8) is 0 Å². The first-order valence-corrected chi connectivity index (χ1v) is 6.30. The fourth-order valence-electron chi connectivity index (χ4n) is 1.27. The van der Waals surface area contributed by atoms with Gasteiger partial charge in [-0.15, -0.1) is 0 Å². The molecule has 6 heteroatoms. The zero-order valence-electron chi connectivity index (χ0n) is 10.1. The Labute approximate surface area is 113 Å². The normalized spacial score (nSPS) is 12.6. The summed E-state index contributed by atoms with van der Waals surface area (Å²) >= 11 is 2.93. The van der Waals surface area contributed by atoms with Gasteiger partial charge < -0.3 is 11.1 Å². The number of carbonyl (C=O) groups is 1. The first-order valence-electron chi connectivity index (χ1n) is 5.51. The lowest BCUT2D eigenvalue weighted by molar-refractivity contribution is -0.116. The Morgan fingerprint density at radius 2 is 2.00 bits per heavy atom. The van der Waals surface area contributed by atoms with Crippen molar-refractivity contribution in [3.8, 4) is 0 Å². The van der Waals surface area contributed by atoms with Gasteiger partial charge in [0.05, 0.1) is 10.2 Å². The Bertz CT molecular complexity index is 452. The maximum Gasteiger partial charge on any atom is 0.226 e. The molecular weight excluding hydrogens is 306 g/mol. The van der Waals surface area contributed by atoms with Crippen LogP contribution in [-0.4, -0.2) is 11.9 Å². The molecule has 1 aromatic carbocycles. The van der Waals surface area contributed by atoms with E-state index in [0.717, 1.165) is 0 Å². The van der Waals surface area contributed by atoms with Crippen LogP contribution in [-0.2, 0) is 4.79 Å². The molecule has 3 nitrogen and oxygen atoms in total. The molecule has 1 atom stereocenters. The average molecular weight is 321 g/mol. The van der Waals surface area contributed by atoms with Crippen molar-refractivity contribution in [1.29, 1.82) is 0 Å². The number of anilines is 1. The van der Waals surface area contributed by atoms with Crippen LogP contribution in [0.2, 0.25) is 0 Å². The van der Waals surface area contributed by atoms with Crippen LogP contribution in [0.15, 0.2) is 16.6 Å². The van der Waals surface area contributed by atoms with Gasteiger partial charge in [-0.05, 0) is 27.9 Å². The second-order valence-corrected chi connectivity index (χ2v) is 5.26. The average Bonchev–Trinajstić information content (AvgIpc) is 2.25. The lowest BCUT2D eigenvalue weighted by atomic mass is 10.0. The van der Waals surface area contributed by atoms with Crippen molar-refractivity contribution >= 4 is 27.5 Å². The predicted molar refractivity (Wildman–Crippen MR) is 70.1 cm³/mol. The predicted octanol–water partition coefficient (Wildman–Crippen LogP) is 3.04. The van der Waals surface area contributed by atoms with Gasteiger partial charge in [0.25, 0.3) is 0 Å². The Balaban J connectivity index is 2.73. The number of hydrogen-bond acceptors (Lipinski definition) is 2. The van der Waals surface area contributed by atoms with Gasteiger partial charge in [-0.3, -0.25) is 4.79 Å². The van der Waals surface area contributed by atoms with E-state index in [1.807, 2.05) is 13.8 Å². The minimum Gasteiger partial charge on any atom is -0.327 e. The van der Waals surface area contributed by atoms with Crippen LogP contribution in [0.3, 0.4) is 0 Å². The minimum absolute atomic E-state index is 0.0655. The standard InChI is InChI=1S/C12H15BrF2N2O/c1-6(2)10(16)5-12(18)17-11-3-7(13)8(14)4-9(11)15/h3-4,6,10H,5,16H2,1-2H3,(H,17,18). The lowest BCUT2D eigenvalue weighted by Crippen LogP contribution is -2.31. The second-order valence-electron chi connectivity index (χ2n) is 4.41. The highest BCUT2D eigenvalue weighted by atomic mass is 79.9. The Hall–Kier alpha value is -1.01. The molecule has 3 N–H and O–H groups in total. The summed E-state index contributed by atoms with van der Waals surface area (Å²) in [6.07, 6.45) is 0.0894. The van der Waals surface area contributed by atoms with Crippen LogP contribution in [0.1, 0.15) is 20.3 Å². The summed E-state index contributed by atoms with van der Waals surface area (Å²) in [6, 6.07) is 1.60. The molecule has 0 spiro atoms. The van der Waals surface area contributed by atoms with Gasteiger partial charge in [0, 0.05) is 18.5 Å². The molecular formula is C12H15BrF2N2O. The van der Waals surface area contributed by atoms with Crippen LogP contribution in [0.25, 0.3) is 0 Å². The molecule has 0 saturated heterocycles. The summed E-state index contributed by atoms with van der Waals surface area (Å²) in [5, 5.41) is 2.37. The van der Waals surface area contributed by atoms with Crippen molar-refractivity contribution in [2.45, 2.75) is 26.3 Å². The molecule has 0 aliphatic rings. The van der Waals surface area contributed by atoms with E-state index >= 15 is 0 Å². The molecule has 1 rings (SSSR count). The maximum atomic E-state index is 13.4. The molecule has 0 fully saturated rings. The number of hydrogen-bond donors (Lipinski definition) is 2. The second kappa shape index (κ2) is 6.24. The quantitative estimate of drug-likeness (QED) is 0.838. The van der Waals surface area contributed by atoms with E-state index < -0.39 is 17.5 Å². The van der Waals surface area contributed by atoms with Crippen molar-refractivity contribution in [2.75, 3.05) is 5.32 Å². The first kappa shape index (κ1) is 15.0. The summed E-state index contributed by atoms with van der Waals surface area (Å²) in [6.45, 7) is 3.79. The fraction of sp³-hybridized carbons (Fsp3) is 0.417. The SMILES string of the molecule is CC(C)C(N)CC(=O)Nc1cc(Br)c(F)cc1F. The van der Waals surface area contributed by atoms with Crippen molar-refractivity contribution in [3.05, 3.63) is 28.2 Å². The maximum absolute atomic E-state index is 13.4. The van der Waals surface area contributed by atoms with Crippen LogP contribution in [0, 0.1) is 17.6 Å². The summed E-state index contributed by atoms with van der Waals surface area (Å²) < 4.78 is 26.5. The highest BCUT2D eigenvalue weighted by Crippen LogP contribution is 2.23. The minimum atomic E-state index is -0.817. The topological polar surface area (TPSA) is 55.1 Å². The van der Waals surface area contributed by atoms with Gasteiger partial charge in [0.15, 0.2) is 0 Å². The van der Waals surface area contributed by atoms with E-state index in [0.29, 0.717) is 6.07 Å². The van der Waals surface area contributed by atoms with Crippen LogP contribution < -0.4 is 11.1 Å². The van der Waals surface area contributed by atoms with E-state index in [4.69, 9.17) is 5.73 Å². The van der Waals surface area contributed by atoms with E-state index in [1.54, 1.807) is 0 Å². The molecule has 0 heterocycles. The summed E-state index contributed by atoms with van der Waals surface area (Å²) in [5.74, 6) is -1.78. The molecule has 0 aliphatic carbocycles. The van der Waals surface area contributed by atoms with Gasteiger partial charge in [0.2, 0.25) is 5.91 Å². The fourth-order valence-corrected chi connectivity index (χ4v) is 1.61. The molecule has 1 unspecified atom stereocenters. The van der Waals surface area contributed by atoms with E-state index in [1.165, 1.54) is 6.07 Å². The van der Waals surface area contributed by atoms with Crippen LogP contribution >= 0.6 is 15.9 Å². The van der Waals surface area contributed by atoms with Gasteiger partial charge >= 0.3 is 0 Å². The molecule has 0 bridgehead atoms. The third-order valence-corrected chi connectivity index (χ3v) is 3.17. The monoisotopic (exact) mass is 320 g/mol. The molecule has 0 radical (unpaired) electrons. The van der Waals surface area contributed by atoms with Gasteiger partial charge in [0.1, 0.15) is 11.6 Å². The van der Waals surface area contributed by atoms with Gasteiger partial charge in [-0.25, -0.2) is 8.78 Å².